The average molecular weight is 308 g/mol. The second-order valence-corrected chi connectivity index (χ2v) is 7.42. The minimum Gasteiger partial charge on any atom is -0.345 e. The van der Waals surface area contributed by atoms with Gasteiger partial charge in [0.05, 0.1) is 5.69 Å². The quantitative estimate of drug-likeness (QED) is 0.899. The Hall–Kier alpha value is -0.610. The van der Waals surface area contributed by atoms with E-state index < -0.39 is 0 Å². The predicted octanol–water partition coefficient (Wildman–Crippen LogP) is 4.29. The summed E-state index contributed by atoms with van der Waals surface area (Å²) in [6.07, 6.45) is 10.4. The van der Waals surface area contributed by atoms with Gasteiger partial charge in [0.25, 0.3) is 0 Å². The van der Waals surface area contributed by atoms with Crippen molar-refractivity contribution in [2.24, 2.45) is 0 Å². The van der Waals surface area contributed by atoms with E-state index in [9.17, 15) is 0 Å². The second-order valence-electron chi connectivity index (χ2n) is 6.41. The van der Waals surface area contributed by atoms with Crippen molar-refractivity contribution < 1.29 is 0 Å². The fraction of sp³-hybridized carbons (Fsp3) is 0.824. The monoisotopic (exact) mass is 307 g/mol. The van der Waals surface area contributed by atoms with E-state index in [4.69, 9.17) is 4.98 Å². The second kappa shape index (κ2) is 7.10. The van der Waals surface area contributed by atoms with Crippen LogP contribution >= 0.6 is 11.3 Å². The molecule has 1 fully saturated rings. The highest BCUT2D eigenvalue weighted by atomic mass is 32.1. The molecule has 1 aromatic heterocycles. The van der Waals surface area contributed by atoms with Crippen molar-refractivity contribution >= 4 is 16.5 Å². The molecule has 3 rings (SSSR count). The average Bonchev–Trinajstić information content (AvgIpc) is 2.79. The predicted molar refractivity (Wildman–Crippen MR) is 91.4 cm³/mol. The van der Waals surface area contributed by atoms with Crippen LogP contribution in [0.2, 0.25) is 0 Å². The van der Waals surface area contributed by atoms with Gasteiger partial charge < -0.3 is 10.2 Å². The summed E-state index contributed by atoms with van der Waals surface area (Å²) in [6.45, 7) is 6.80. The number of rotatable bonds is 4. The van der Waals surface area contributed by atoms with Crippen molar-refractivity contribution in [3.05, 3.63) is 10.6 Å². The number of fused-ring (bicyclic) bond motifs is 1. The van der Waals surface area contributed by atoms with Gasteiger partial charge >= 0.3 is 0 Å². The van der Waals surface area contributed by atoms with Crippen LogP contribution in [-0.4, -0.2) is 24.1 Å². The molecule has 1 aromatic rings. The summed E-state index contributed by atoms with van der Waals surface area (Å²) < 4.78 is 0. The summed E-state index contributed by atoms with van der Waals surface area (Å²) >= 11 is 1.97. The number of anilines is 1. The Balaban J connectivity index is 1.85. The third-order valence-electron chi connectivity index (χ3n) is 4.98. The molecule has 0 aromatic carbocycles. The SMILES string of the molecule is CCNC1CCCc2nc(N3CCCCCC3CC)sc21. The van der Waals surface area contributed by atoms with E-state index in [1.165, 1.54) is 73.6 Å². The molecule has 0 spiro atoms. The number of hydrogen-bond donors (Lipinski definition) is 1. The van der Waals surface area contributed by atoms with E-state index in [0.717, 1.165) is 6.54 Å². The lowest BCUT2D eigenvalue weighted by atomic mass is 9.98. The van der Waals surface area contributed by atoms with Crippen LogP contribution in [0.3, 0.4) is 0 Å². The topological polar surface area (TPSA) is 28.2 Å². The van der Waals surface area contributed by atoms with Crippen molar-refractivity contribution in [2.45, 2.75) is 77.3 Å². The highest BCUT2D eigenvalue weighted by Crippen LogP contribution is 2.39. The van der Waals surface area contributed by atoms with E-state index in [-0.39, 0.29) is 0 Å². The van der Waals surface area contributed by atoms with Crippen molar-refractivity contribution in [1.29, 1.82) is 0 Å². The molecule has 2 unspecified atom stereocenters. The third kappa shape index (κ3) is 3.26. The molecule has 21 heavy (non-hydrogen) atoms. The van der Waals surface area contributed by atoms with Gasteiger partial charge in [-0.25, -0.2) is 4.98 Å². The Morgan fingerprint density at radius 1 is 1.19 bits per heavy atom. The number of aryl methyl sites for hydroxylation is 1. The molecule has 3 nitrogen and oxygen atoms in total. The van der Waals surface area contributed by atoms with Gasteiger partial charge in [0.2, 0.25) is 0 Å². The molecule has 1 N–H and O–H groups in total. The molecule has 0 saturated carbocycles. The third-order valence-corrected chi connectivity index (χ3v) is 6.23. The fourth-order valence-electron chi connectivity index (χ4n) is 3.82. The molecular formula is C17H29N3S. The Morgan fingerprint density at radius 3 is 2.90 bits per heavy atom. The van der Waals surface area contributed by atoms with Gasteiger partial charge in [-0.3, -0.25) is 0 Å². The minimum absolute atomic E-state index is 0.553. The largest absolute Gasteiger partial charge is 0.345 e. The molecule has 2 aliphatic rings. The van der Waals surface area contributed by atoms with Gasteiger partial charge in [0.15, 0.2) is 5.13 Å². The summed E-state index contributed by atoms with van der Waals surface area (Å²) in [5.74, 6) is 0. The van der Waals surface area contributed by atoms with E-state index in [2.05, 4.69) is 24.1 Å². The van der Waals surface area contributed by atoms with Crippen LogP contribution in [0.5, 0.6) is 0 Å². The van der Waals surface area contributed by atoms with E-state index in [1.54, 1.807) is 0 Å². The molecule has 2 atom stereocenters. The first-order chi connectivity index (χ1) is 10.3. The maximum Gasteiger partial charge on any atom is 0.186 e. The van der Waals surface area contributed by atoms with Gasteiger partial charge in [-0.1, -0.05) is 38.0 Å². The summed E-state index contributed by atoms with van der Waals surface area (Å²) in [6, 6.07) is 1.26. The lowest BCUT2D eigenvalue weighted by molar-refractivity contribution is 0.476. The summed E-state index contributed by atoms with van der Waals surface area (Å²) in [7, 11) is 0. The fourth-order valence-corrected chi connectivity index (χ4v) is 5.14. The van der Waals surface area contributed by atoms with Crippen molar-refractivity contribution in [1.82, 2.24) is 10.3 Å². The molecule has 2 heterocycles. The molecule has 1 saturated heterocycles. The normalized spacial score (nSPS) is 26.5. The zero-order valence-corrected chi connectivity index (χ0v) is 14.3. The van der Waals surface area contributed by atoms with Crippen LogP contribution in [0.1, 0.15) is 75.4 Å². The van der Waals surface area contributed by atoms with Gasteiger partial charge in [-0.2, -0.15) is 0 Å². The van der Waals surface area contributed by atoms with Crippen molar-refractivity contribution in [3.8, 4) is 0 Å². The zero-order chi connectivity index (χ0) is 14.7. The van der Waals surface area contributed by atoms with Crippen LogP contribution in [0.15, 0.2) is 0 Å². The number of nitrogens with zero attached hydrogens (tertiary/aromatic N) is 2. The van der Waals surface area contributed by atoms with Crippen LogP contribution in [0.4, 0.5) is 5.13 Å². The highest BCUT2D eigenvalue weighted by molar-refractivity contribution is 7.15. The molecule has 1 aliphatic heterocycles. The Labute approximate surface area is 133 Å². The van der Waals surface area contributed by atoms with Gasteiger partial charge in [-0.15, -0.1) is 0 Å². The van der Waals surface area contributed by atoms with E-state index in [1.807, 2.05) is 11.3 Å². The Kier molecular flexibility index (Phi) is 5.17. The standard InChI is InChI=1S/C17H29N3S/c1-3-13-9-6-5-7-12-20(13)17-19-15-11-8-10-14(18-4-2)16(15)21-17/h13-14,18H,3-12H2,1-2H3. The van der Waals surface area contributed by atoms with Crippen molar-refractivity contribution in [3.63, 3.8) is 0 Å². The molecule has 118 valence electrons. The Morgan fingerprint density at radius 2 is 2.10 bits per heavy atom. The van der Waals surface area contributed by atoms with Crippen LogP contribution < -0.4 is 10.2 Å². The Bertz CT molecular complexity index is 457. The minimum atomic E-state index is 0.553. The zero-order valence-electron chi connectivity index (χ0n) is 13.5. The first-order valence-corrected chi connectivity index (χ1v) is 9.64. The van der Waals surface area contributed by atoms with Crippen LogP contribution in [0, 0.1) is 0 Å². The molecule has 1 aliphatic carbocycles. The summed E-state index contributed by atoms with van der Waals surface area (Å²) in [4.78, 5) is 9.20. The number of nitrogens with one attached hydrogen (secondary N) is 1. The highest BCUT2D eigenvalue weighted by Gasteiger charge is 2.28. The van der Waals surface area contributed by atoms with Gasteiger partial charge in [0, 0.05) is 23.5 Å². The first-order valence-electron chi connectivity index (χ1n) is 8.83. The van der Waals surface area contributed by atoms with Crippen LogP contribution in [-0.2, 0) is 6.42 Å². The summed E-state index contributed by atoms with van der Waals surface area (Å²) in [5, 5.41) is 4.95. The van der Waals surface area contributed by atoms with E-state index >= 15 is 0 Å². The number of hydrogen-bond acceptors (Lipinski definition) is 4. The molecule has 0 bridgehead atoms. The molecular weight excluding hydrogens is 278 g/mol. The maximum atomic E-state index is 5.05. The number of thiazole rings is 1. The van der Waals surface area contributed by atoms with Crippen molar-refractivity contribution in [2.75, 3.05) is 18.0 Å². The lowest BCUT2D eigenvalue weighted by Crippen LogP contribution is -2.34. The van der Waals surface area contributed by atoms with Gasteiger partial charge in [-0.05, 0) is 45.1 Å². The lowest BCUT2D eigenvalue weighted by Gasteiger charge is -2.28. The molecule has 0 radical (unpaired) electrons. The molecule has 0 amide bonds. The van der Waals surface area contributed by atoms with E-state index in [0.29, 0.717) is 12.1 Å². The smallest absolute Gasteiger partial charge is 0.186 e. The number of aromatic nitrogens is 1. The summed E-state index contributed by atoms with van der Waals surface area (Å²) in [5.41, 5.74) is 1.38. The maximum absolute atomic E-state index is 5.05. The van der Waals surface area contributed by atoms with Crippen LogP contribution in [0.25, 0.3) is 0 Å². The first kappa shape index (κ1) is 15.3. The molecule has 4 heteroatoms. The van der Waals surface area contributed by atoms with Gasteiger partial charge in [0.1, 0.15) is 0 Å².